The van der Waals surface area contributed by atoms with Gasteiger partial charge in [-0.2, -0.15) is 0 Å². The summed E-state index contributed by atoms with van der Waals surface area (Å²) in [5, 5.41) is 0. The summed E-state index contributed by atoms with van der Waals surface area (Å²) in [5.41, 5.74) is 1.46. The van der Waals surface area contributed by atoms with E-state index in [-0.39, 0.29) is 0 Å². The molecule has 0 amide bonds. The minimum Gasteiger partial charge on any atom is -0.418 e. The molecule has 0 saturated heterocycles. The first kappa shape index (κ1) is 18.0. The molecule has 1 aromatic carbocycles. The molecule has 19 heavy (non-hydrogen) atoms. The van der Waals surface area contributed by atoms with Gasteiger partial charge in [0.05, 0.1) is 0 Å². The predicted octanol–water partition coefficient (Wildman–Crippen LogP) is 4.26. The Labute approximate surface area is 112 Å². The smallest absolute Gasteiger partial charge is 0.418 e. The Balaban J connectivity index is 0.000000555. The van der Waals surface area contributed by atoms with Gasteiger partial charge in [0.1, 0.15) is 0 Å². The highest BCUT2D eigenvalue weighted by atomic mass is 19.5. The molecular formula is C13H21BF4N-. The van der Waals surface area contributed by atoms with Crippen LogP contribution in [0.5, 0.6) is 0 Å². The lowest BCUT2D eigenvalue weighted by molar-refractivity contribution is 0.300. The SMILES string of the molecule is CCN(CC)CCCc1ccccc1.F[B-](F)(F)F. The molecule has 0 fully saturated rings. The summed E-state index contributed by atoms with van der Waals surface area (Å²) in [6.45, 7) is 8.02. The van der Waals surface area contributed by atoms with Crippen LogP contribution in [0.1, 0.15) is 25.8 Å². The number of nitrogens with zero attached hydrogens (tertiary/aromatic N) is 1. The molecule has 0 saturated carbocycles. The van der Waals surface area contributed by atoms with Crippen molar-refractivity contribution in [3.63, 3.8) is 0 Å². The van der Waals surface area contributed by atoms with Gasteiger partial charge in [-0.3, -0.25) is 0 Å². The van der Waals surface area contributed by atoms with Gasteiger partial charge in [0.2, 0.25) is 0 Å². The van der Waals surface area contributed by atoms with Crippen molar-refractivity contribution in [3.05, 3.63) is 35.9 Å². The Hall–Kier alpha value is -1.04. The highest BCUT2D eigenvalue weighted by Gasteiger charge is 2.20. The predicted molar refractivity (Wildman–Crippen MR) is 72.7 cm³/mol. The second-order valence-corrected chi connectivity index (χ2v) is 4.11. The Kier molecular flexibility index (Phi) is 9.30. The molecule has 6 heteroatoms. The van der Waals surface area contributed by atoms with Crippen molar-refractivity contribution in [3.8, 4) is 0 Å². The van der Waals surface area contributed by atoms with E-state index in [9.17, 15) is 17.3 Å². The minimum atomic E-state index is -6.00. The van der Waals surface area contributed by atoms with Gasteiger partial charge in [-0.1, -0.05) is 44.2 Å². The molecular weight excluding hydrogens is 257 g/mol. The maximum atomic E-state index is 9.75. The highest BCUT2D eigenvalue weighted by molar-refractivity contribution is 6.50. The number of aryl methyl sites for hydroxylation is 1. The Bertz CT molecular complexity index is 306. The maximum Gasteiger partial charge on any atom is 0.673 e. The van der Waals surface area contributed by atoms with E-state index in [0.29, 0.717) is 0 Å². The van der Waals surface area contributed by atoms with Gasteiger partial charge in [-0.15, -0.1) is 0 Å². The first-order valence-electron chi connectivity index (χ1n) is 6.50. The van der Waals surface area contributed by atoms with Crippen LogP contribution in [0, 0.1) is 0 Å². The first-order valence-corrected chi connectivity index (χ1v) is 6.50. The normalized spacial score (nSPS) is 11.1. The summed E-state index contributed by atoms with van der Waals surface area (Å²) in [7, 11) is -6.00. The van der Waals surface area contributed by atoms with Crippen molar-refractivity contribution in [2.24, 2.45) is 0 Å². The molecule has 0 aliphatic rings. The van der Waals surface area contributed by atoms with Gasteiger partial charge < -0.3 is 22.2 Å². The summed E-state index contributed by atoms with van der Waals surface area (Å²) in [5.74, 6) is 0. The zero-order valence-electron chi connectivity index (χ0n) is 11.5. The van der Waals surface area contributed by atoms with Crippen molar-refractivity contribution in [2.45, 2.75) is 26.7 Å². The van der Waals surface area contributed by atoms with Crippen LogP contribution in [0.3, 0.4) is 0 Å². The average molecular weight is 278 g/mol. The summed E-state index contributed by atoms with van der Waals surface area (Å²) >= 11 is 0. The fourth-order valence-electron chi connectivity index (χ4n) is 1.69. The highest BCUT2D eigenvalue weighted by Crippen LogP contribution is 2.06. The van der Waals surface area contributed by atoms with Gasteiger partial charge in [0, 0.05) is 0 Å². The van der Waals surface area contributed by atoms with Gasteiger partial charge >= 0.3 is 7.25 Å². The van der Waals surface area contributed by atoms with E-state index in [2.05, 4.69) is 49.1 Å². The average Bonchev–Trinajstić information content (AvgIpc) is 2.34. The largest absolute Gasteiger partial charge is 0.673 e. The van der Waals surface area contributed by atoms with Crippen LogP contribution in [0.2, 0.25) is 0 Å². The molecule has 0 aromatic heterocycles. The van der Waals surface area contributed by atoms with Gasteiger partial charge in [-0.05, 0) is 38.0 Å². The fourth-order valence-corrected chi connectivity index (χ4v) is 1.69. The van der Waals surface area contributed by atoms with E-state index >= 15 is 0 Å². The van der Waals surface area contributed by atoms with Crippen LogP contribution in [0.4, 0.5) is 17.3 Å². The van der Waals surface area contributed by atoms with Crippen molar-refractivity contribution < 1.29 is 17.3 Å². The maximum absolute atomic E-state index is 9.75. The lowest BCUT2D eigenvalue weighted by Gasteiger charge is -2.17. The summed E-state index contributed by atoms with van der Waals surface area (Å²) in [4.78, 5) is 2.48. The van der Waals surface area contributed by atoms with Gasteiger partial charge in [-0.25, -0.2) is 0 Å². The van der Waals surface area contributed by atoms with Crippen LogP contribution in [0.15, 0.2) is 30.3 Å². The molecule has 0 heterocycles. The van der Waals surface area contributed by atoms with Crippen molar-refractivity contribution in [1.82, 2.24) is 4.90 Å². The standard InChI is InChI=1S/C13H21N.BF4/c1-3-14(4-2)12-8-11-13-9-6-5-7-10-13;2-1(3,4)5/h5-7,9-10H,3-4,8,11-12H2,1-2H3;/q;-1. The molecule has 0 atom stereocenters. The van der Waals surface area contributed by atoms with Crippen molar-refractivity contribution >= 4 is 7.25 Å². The monoisotopic (exact) mass is 278 g/mol. The second kappa shape index (κ2) is 9.84. The van der Waals surface area contributed by atoms with Gasteiger partial charge in [0.15, 0.2) is 0 Å². The van der Waals surface area contributed by atoms with Crippen molar-refractivity contribution in [1.29, 1.82) is 0 Å². The Morgan fingerprint density at radius 3 is 1.84 bits per heavy atom. The molecule has 0 aliphatic heterocycles. The zero-order chi connectivity index (χ0) is 14.7. The van der Waals surface area contributed by atoms with E-state index in [1.165, 1.54) is 38.0 Å². The third-order valence-corrected chi connectivity index (χ3v) is 2.68. The van der Waals surface area contributed by atoms with E-state index in [0.717, 1.165) is 0 Å². The molecule has 1 nitrogen and oxygen atoms in total. The third-order valence-electron chi connectivity index (χ3n) is 2.68. The van der Waals surface area contributed by atoms with E-state index < -0.39 is 7.25 Å². The Morgan fingerprint density at radius 1 is 0.947 bits per heavy atom. The molecule has 0 aliphatic carbocycles. The van der Waals surface area contributed by atoms with Crippen LogP contribution in [0.25, 0.3) is 0 Å². The molecule has 1 aromatic rings. The van der Waals surface area contributed by atoms with E-state index in [1.54, 1.807) is 0 Å². The Morgan fingerprint density at radius 2 is 1.42 bits per heavy atom. The second-order valence-electron chi connectivity index (χ2n) is 4.11. The minimum absolute atomic E-state index is 1.17. The van der Waals surface area contributed by atoms with Crippen LogP contribution in [-0.4, -0.2) is 31.8 Å². The fraction of sp³-hybridized carbons (Fsp3) is 0.538. The summed E-state index contributed by atoms with van der Waals surface area (Å²) < 4.78 is 39.0. The summed E-state index contributed by atoms with van der Waals surface area (Å²) in [6.07, 6.45) is 2.48. The lowest BCUT2D eigenvalue weighted by atomic mass is 10.1. The third kappa shape index (κ3) is 13.2. The van der Waals surface area contributed by atoms with Crippen LogP contribution in [-0.2, 0) is 6.42 Å². The quantitative estimate of drug-likeness (QED) is 0.555. The van der Waals surface area contributed by atoms with E-state index in [1.807, 2.05) is 0 Å². The number of benzene rings is 1. The number of halogens is 4. The molecule has 0 N–H and O–H groups in total. The zero-order valence-corrected chi connectivity index (χ0v) is 11.5. The molecule has 1 rings (SSSR count). The van der Waals surface area contributed by atoms with Crippen molar-refractivity contribution in [2.75, 3.05) is 19.6 Å². The first-order chi connectivity index (χ1) is 8.86. The van der Waals surface area contributed by atoms with Crippen LogP contribution >= 0.6 is 0 Å². The number of hydrogen-bond donors (Lipinski definition) is 0. The molecule has 0 radical (unpaired) electrons. The number of hydrogen-bond acceptors (Lipinski definition) is 1. The topological polar surface area (TPSA) is 3.24 Å². The molecule has 110 valence electrons. The van der Waals surface area contributed by atoms with E-state index in [4.69, 9.17) is 0 Å². The molecule has 0 bridgehead atoms. The van der Waals surface area contributed by atoms with Gasteiger partial charge in [0.25, 0.3) is 0 Å². The molecule has 0 spiro atoms. The number of rotatable bonds is 6. The van der Waals surface area contributed by atoms with Crippen LogP contribution < -0.4 is 0 Å². The molecule has 0 unspecified atom stereocenters. The summed E-state index contributed by atoms with van der Waals surface area (Å²) in [6, 6.07) is 10.7. The lowest BCUT2D eigenvalue weighted by Crippen LogP contribution is -2.24.